The second-order valence-electron chi connectivity index (χ2n) is 6.43. The Kier molecular flexibility index (Phi) is 5.94. The Morgan fingerprint density at radius 3 is 2.62 bits per heavy atom. The van der Waals surface area contributed by atoms with Crippen molar-refractivity contribution in [1.82, 2.24) is 10.3 Å². The van der Waals surface area contributed by atoms with Gasteiger partial charge in [0.25, 0.3) is 5.91 Å². The van der Waals surface area contributed by atoms with E-state index >= 15 is 0 Å². The van der Waals surface area contributed by atoms with Crippen LogP contribution in [0.5, 0.6) is 11.5 Å². The maximum atomic E-state index is 12.3. The van der Waals surface area contributed by atoms with Gasteiger partial charge in [-0.25, -0.2) is 0 Å². The molecule has 0 spiro atoms. The molecule has 1 saturated carbocycles. The van der Waals surface area contributed by atoms with E-state index in [1.165, 1.54) is 12.8 Å². The average molecular weight is 355 g/mol. The van der Waals surface area contributed by atoms with Crippen LogP contribution in [0, 0.1) is 0 Å². The van der Waals surface area contributed by atoms with Gasteiger partial charge in [-0.3, -0.25) is 9.78 Å². The third-order valence-electron chi connectivity index (χ3n) is 4.63. The molecule has 138 valence electrons. The van der Waals surface area contributed by atoms with Crippen molar-refractivity contribution < 1.29 is 14.3 Å². The molecule has 3 rings (SSSR count). The van der Waals surface area contributed by atoms with Crippen LogP contribution in [0.2, 0.25) is 0 Å². The van der Waals surface area contributed by atoms with E-state index in [9.17, 15) is 4.79 Å². The highest BCUT2D eigenvalue weighted by molar-refractivity contribution is 5.93. The highest BCUT2D eigenvalue weighted by Crippen LogP contribution is 2.27. The molecule has 0 bridgehead atoms. The van der Waals surface area contributed by atoms with Gasteiger partial charge in [-0.1, -0.05) is 18.9 Å². The van der Waals surface area contributed by atoms with E-state index in [2.05, 4.69) is 15.6 Å². The molecule has 1 aliphatic carbocycles. The normalized spacial score (nSPS) is 14.1. The van der Waals surface area contributed by atoms with Gasteiger partial charge in [-0.2, -0.15) is 0 Å². The molecule has 1 fully saturated rings. The molecule has 2 aromatic rings. The molecule has 1 aromatic heterocycles. The number of carbonyl (C=O) groups is 1. The molecular formula is C20H25N3O3. The number of nitrogens with zero attached hydrogens (tertiary/aromatic N) is 1. The topological polar surface area (TPSA) is 72.5 Å². The molecule has 1 aliphatic rings. The Morgan fingerprint density at radius 2 is 1.88 bits per heavy atom. The van der Waals surface area contributed by atoms with Crippen LogP contribution in [-0.2, 0) is 6.54 Å². The van der Waals surface area contributed by atoms with Crippen LogP contribution in [-0.4, -0.2) is 31.2 Å². The van der Waals surface area contributed by atoms with E-state index in [0.29, 0.717) is 23.7 Å². The first-order valence-electron chi connectivity index (χ1n) is 8.91. The van der Waals surface area contributed by atoms with E-state index in [0.717, 1.165) is 24.1 Å². The smallest absolute Gasteiger partial charge is 0.270 e. The van der Waals surface area contributed by atoms with Gasteiger partial charge in [0.1, 0.15) is 5.69 Å². The van der Waals surface area contributed by atoms with Crippen LogP contribution < -0.4 is 20.1 Å². The molecule has 6 heteroatoms. The molecule has 1 amide bonds. The molecule has 0 aliphatic heterocycles. The van der Waals surface area contributed by atoms with Gasteiger partial charge >= 0.3 is 0 Å². The highest BCUT2D eigenvalue weighted by Gasteiger charge is 2.18. The standard InChI is InChI=1S/C20H25N3O3/c1-25-18-8-7-14(11-19(18)26-2)13-22-16-9-10-21-17(12-16)20(24)23-15-5-3-4-6-15/h7-12,15H,3-6,13H2,1-2H3,(H,21,22)(H,23,24). The largest absolute Gasteiger partial charge is 0.493 e. The lowest BCUT2D eigenvalue weighted by molar-refractivity contribution is 0.0933. The summed E-state index contributed by atoms with van der Waals surface area (Å²) < 4.78 is 10.6. The summed E-state index contributed by atoms with van der Waals surface area (Å²) in [4.78, 5) is 16.5. The fourth-order valence-electron chi connectivity index (χ4n) is 3.19. The summed E-state index contributed by atoms with van der Waals surface area (Å²) in [7, 11) is 3.23. The highest BCUT2D eigenvalue weighted by atomic mass is 16.5. The number of amides is 1. The predicted octanol–water partition coefficient (Wildman–Crippen LogP) is 3.38. The van der Waals surface area contributed by atoms with Gasteiger partial charge in [0.15, 0.2) is 11.5 Å². The number of benzene rings is 1. The number of rotatable bonds is 7. The number of aromatic nitrogens is 1. The van der Waals surface area contributed by atoms with E-state index in [1.54, 1.807) is 26.5 Å². The van der Waals surface area contributed by atoms with Crippen molar-refractivity contribution in [2.75, 3.05) is 19.5 Å². The summed E-state index contributed by atoms with van der Waals surface area (Å²) in [6.45, 7) is 0.605. The Morgan fingerprint density at radius 1 is 1.12 bits per heavy atom. The van der Waals surface area contributed by atoms with Crippen LogP contribution >= 0.6 is 0 Å². The number of nitrogens with one attached hydrogen (secondary N) is 2. The fraction of sp³-hybridized carbons (Fsp3) is 0.400. The maximum absolute atomic E-state index is 12.3. The second kappa shape index (κ2) is 8.56. The van der Waals surface area contributed by atoms with Crippen LogP contribution in [0.4, 0.5) is 5.69 Å². The zero-order valence-corrected chi connectivity index (χ0v) is 15.2. The van der Waals surface area contributed by atoms with E-state index < -0.39 is 0 Å². The van der Waals surface area contributed by atoms with Crippen LogP contribution in [0.1, 0.15) is 41.7 Å². The summed E-state index contributed by atoms with van der Waals surface area (Å²) in [5, 5.41) is 6.39. The van der Waals surface area contributed by atoms with Crippen molar-refractivity contribution in [3.63, 3.8) is 0 Å². The number of ether oxygens (including phenoxy) is 2. The summed E-state index contributed by atoms with van der Waals surface area (Å²) in [5.74, 6) is 1.29. The average Bonchev–Trinajstić information content (AvgIpc) is 3.19. The van der Waals surface area contributed by atoms with Gasteiger partial charge in [0.05, 0.1) is 14.2 Å². The second-order valence-corrected chi connectivity index (χ2v) is 6.43. The Balaban J connectivity index is 1.62. The summed E-state index contributed by atoms with van der Waals surface area (Å²) >= 11 is 0. The van der Waals surface area contributed by atoms with Crippen molar-refractivity contribution in [2.24, 2.45) is 0 Å². The van der Waals surface area contributed by atoms with Gasteiger partial charge in [-0.05, 0) is 42.7 Å². The van der Waals surface area contributed by atoms with Gasteiger partial charge in [0, 0.05) is 24.5 Å². The molecule has 6 nitrogen and oxygen atoms in total. The summed E-state index contributed by atoms with van der Waals surface area (Å²) in [5.41, 5.74) is 2.34. The minimum Gasteiger partial charge on any atom is -0.493 e. The maximum Gasteiger partial charge on any atom is 0.270 e. The number of hydrogen-bond donors (Lipinski definition) is 2. The van der Waals surface area contributed by atoms with Crippen molar-refractivity contribution in [3.8, 4) is 11.5 Å². The van der Waals surface area contributed by atoms with Crippen LogP contribution in [0.3, 0.4) is 0 Å². The first kappa shape index (κ1) is 18.0. The third kappa shape index (κ3) is 4.45. The zero-order valence-electron chi connectivity index (χ0n) is 15.2. The van der Waals surface area contributed by atoms with Gasteiger partial charge in [0.2, 0.25) is 0 Å². The molecule has 0 atom stereocenters. The van der Waals surface area contributed by atoms with Crippen LogP contribution in [0.15, 0.2) is 36.5 Å². The first-order chi connectivity index (χ1) is 12.7. The van der Waals surface area contributed by atoms with Crippen LogP contribution in [0.25, 0.3) is 0 Å². The molecular weight excluding hydrogens is 330 g/mol. The van der Waals surface area contributed by atoms with Crippen molar-refractivity contribution in [3.05, 3.63) is 47.8 Å². The van der Waals surface area contributed by atoms with E-state index in [4.69, 9.17) is 9.47 Å². The number of carbonyl (C=O) groups excluding carboxylic acids is 1. The lowest BCUT2D eigenvalue weighted by Crippen LogP contribution is -2.33. The van der Waals surface area contributed by atoms with Crippen molar-refractivity contribution in [2.45, 2.75) is 38.3 Å². The van der Waals surface area contributed by atoms with Gasteiger partial charge < -0.3 is 20.1 Å². The molecule has 0 unspecified atom stereocenters. The Bertz CT molecular complexity index is 758. The SMILES string of the molecule is COc1ccc(CNc2ccnc(C(=O)NC3CCCC3)c2)cc1OC. The number of anilines is 1. The minimum absolute atomic E-state index is 0.105. The molecule has 0 saturated heterocycles. The molecule has 1 heterocycles. The minimum atomic E-state index is -0.105. The number of hydrogen-bond acceptors (Lipinski definition) is 5. The van der Waals surface area contributed by atoms with E-state index in [-0.39, 0.29) is 11.9 Å². The predicted molar refractivity (Wildman–Crippen MR) is 101 cm³/mol. The molecule has 2 N–H and O–H groups in total. The van der Waals surface area contributed by atoms with Gasteiger partial charge in [-0.15, -0.1) is 0 Å². The quantitative estimate of drug-likeness (QED) is 0.796. The third-order valence-corrected chi connectivity index (χ3v) is 4.63. The summed E-state index contributed by atoms with van der Waals surface area (Å²) in [6, 6.07) is 9.71. The molecule has 26 heavy (non-hydrogen) atoms. The Labute approximate surface area is 153 Å². The molecule has 0 radical (unpaired) electrons. The lowest BCUT2D eigenvalue weighted by atomic mass is 10.2. The summed E-state index contributed by atoms with van der Waals surface area (Å²) in [6.07, 6.45) is 6.14. The Hall–Kier alpha value is -2.76. The van der Waals surface area contributed by atoms with Crippen molar-refractivity contribution >= 4 is 11.6 Å². The zero-order chi connectivity index (χ0) is 18.4. The van der Waals surface area contributed by atoms with E-state index in [1.807, 2.05) is 24.3 Å². The van der Waals surface area contributed by atoms with Crippen molar-refractivity contribution in [1.29, 1.82) is 0 Å². The fourth-order valence-corrected chi connectivity index (χ4v) is 3.19. The number of pyridine rings is 1. The lowest BCUT2D eigenvalue weighted by Gasteiger charge is -2.13. The molecule has 1 aromatic carbocycles. The monoisotopic (exact) mass is 355 g/mol. The first-order valence-corrected chi connectivity index (χ1v) is 8.91. The number of methoxy groups -OCH3 is 2.